The van der Waals surface area contributed by atoms with Crippen molar-refractivity contribution in [1.29, 1.82) is 0 Å². The molecule has 4 heterocycles. The zero-order chi connectivity index (χ0) is 19.9. The van der Waals surface area contributed by atoms with E-state index in [0.29, 0.717) is 6.54 Å². The molecule has 2 aliphatic heterocycles. The maximum Gasteiger partial charge on any atom is 0.225 e. The maximum absolute atomic E-state index is 13.0. The number of carbonyl (C=O) groups excluding carboxylic acids is 1. The zero-order valence-corrected chi connectivity index (χ0v) is 17.3. The van der Waals surface area contributed by atoms with Crippen molar-refractivity contribution in [2.75, 3.05) is 18.0 Å². The molecule has 0 radical (unpaired) electrons. The van der Waals surface area contributed by atoms with Gasteiger partial charge in [-0.2, -0.15) is 4.52 Å². The van der Waals surface area contributed by atoms with Crippen LogP contribution in [0.25, 0.3) is 5.65 Å². The molecule has 2 saturated heterocycles. The molecular formula is C20H31N7O. The Hall–Kier alpha value is -2.22. The molecule has 1 amide bonds. The van der Waals surface area contributed by atoms with Crippen molar-refractivity contribution < 1.29 is 4.79 Å². The lowest BCUT2D eigenvalue weighted by Gasteiger charge is -2.47. The topological polar surface area (TPSA) is 87.5 Å². The molecule has 2 N–H and O–H groups in total. The summed E-state index contributed by atoms with van der Waals surface area (Å²) in [4.78, 5) is 15.2. The Morgan fingerprint density at radius 2 is 1.96 bits per heavy atom. The molecule has 8 heteroatoms. The minimum atomic E-state index is -0.00623. The Labute approximate surface area is 166 Å². The number of piperidine rings is 2. The van der Waals surface area contributed by atoms with E-state index in [2.05, 4.69) is 58.5 Å². The van der Waals surface area contributed by atoms with E-state index in [9.17, 15) is 4.79 Å². The van der Waals surface area contributed by atoms with Crippen molar-refractivity contribution in [3.63, 3.8) is 0 Å². The minimum absolute atomic E-state index is 0.00623. The normalized spacial score (nSPS) is 25.0. The molecule has 0 spiro atoms. The maximum atomic E-state index is 13.0. The molecule has 0 aromatic carbocycles. The SMILES string of the molecule is CC1(C)CC(NC(=O)[C@@H]2CCCN(c3ccc4nncn4n3)C2)CC(C)(C)N1. The summed E-state index contributed by atoms with van der Waals surface area (Å²) in [5.41, 5.74) is 0.776. The molecule has 2 fully saturated rings. The molecule has 0 aliphatic carbocycles. The highest BCUT2D eigenvalue weighted by Gasteiger charge is 2.39. The van der Waals surface area contributed by atoms with Crippen LogP contribution >= 0.6 is 0 Å². The van der Waals surface area contributed by atoms with Gasteiger partial charge in [0.15, 0.2) is 5.65 Å². The number of rotatable bonds is 3. The lowest BCUT2D eigenvalue weighted by molar-refractivity contribution is -0.126. The second-order valence-corrected chi connectivity index (χ2v) is 9.62. The van der Waals surface area contributed by atoms with Crippen LogP contribution in [0.1, 0.15) is 53.4 Å². The first kappa shape index (κ1) is 19.1. The highest BCUT2D eigenvalue weighted by molar-refractivity contribution is 5.80. The molecule has 2 aromatic rings. The molecule has 4 rings (SSSR count). The highest BCUT2D eigenvalue weighted by Crippen LogP contribution is 2.29. The van der Waals surface area contributed by atoms with E-state index in [0.717, 1.165) is 43.7 Å². The van der Waals surface area contributed by atoms with Crippen LogP contribution in [0.15, 0.2) is 18.5 Å². The summed E-state index contributed by atoms with van der Waals surface area (Å²) in [7, 11) is 0. The molecule has 0 saturated carbocycles. The number of aromatic nitrogens is 4. The predicted molar refractivity (Wildman–Crippen MR) is 108 cm³/mol. The number of nitrogens with one attached hydrogen (secondary N) is 2. The molecule has 28 heavy (non-hydrogen) atoms. The smallest absolute Gasteiger partial charge is 0.225 e. The van der Waals surface area contributed by atoms with E-state index < -0.39 is 0 Å². The van der Waals surface area contributed by atoms with E-state index in [1.54, 1.807) is 10.8 Å². The van der Waals surface area contributed by atoms with Crippen molar-refractivity contribution in [2.24, 2.45) is 5.92 Å². The third-order valence-corrected chi connectivity index (χ3v) is 5.80. The summed E-state index contributed by atoms with van der Waals surface area (Å²) in [5, 5.41) is 19.5. The Kier molecular flexibility index (Phi) is 4.77. The lowest BCUT2D eigenvalue weighted by Crippen LogP contribution is -2.62. The van der Waals surface area contributed by atoms with Crippen molar-refractivity contribution >= 4 is 17.4 Å². The van der Waals surface area contributed by atoms with Crippen molar-refractivity contribution in [3.8, 4) is 0 Å². The van der Waals surface area contributed by atoms with Gasteiger partial charge >= 0.3 is 0 Å². The van der Waals surface area contributed by atoms with Crippen LogP contribution in [0.5, 0.6) is 0 Å². The number of anilines is 1. The second kappa shape index (κ2) is 6.99. The first-order chi connectivity index (χ1) is 13.2. The molecule has 0 unspecified atom stereocenters. The monoisotopic (exact) mass is 385 g/mol. The number of hydrogen-bond acceptors (Lipinski definition) is 6. The Balaban J connectivity index is 1.42. The van der Waals surface area contributed by atoms with Gasteiger partial charge in [0, 0.05) is 30.2 Å². The molecule has 1 atom stereocenters. The first-order valence-electron chi connectivity index (χ1n) is 10.2. The first-order valence-corrected chi connectivity index (χ1v) is 10.2. The minimum Gasteiger partial charge on any atom is -0.354 e. The van der Waals surface area contributed by atoms with Gasteiger partial charge < -0.3 is 15.5 Å². The van der Waals surface area contributed by atoms with E-state index in [1.165, 1.54) is 0 Å². The number of fused-ring (bicyclic) bond motifs is 1. The zero-order valence-electron chi connectivity index (χ0n) is 17.3. The van der Waals surface area contributed by atoms with Crippen molar-refractivity contribution in [3.05, 3.63) is 18.5 Å². The second-order valence-electron chi connectivity index (χ2n) is 9.62. The van der Waals surface area contributed by atoms with Gasteiger partial charge in [0.25, 0.3) is 0 Å². The quantitative estimate of drug-likeness (QED) is 0.837. The van der Waals surface area contributed by atoms with Gasteiger partial charge in [-0.15, -0.1) is 15.3 Å². The Bertz CT molecular complexity index is 843. The van der Waals surface area contributed by atoms with Gasteiger partial charge in [0.1, 0.15) is 12.1 Å². The fourth-order valence-corrected chi connectivity index (χ4v) is 5.03. The van der Waals surface area contributed by atoms with Crippen LogP contribution < -0.4 is 15.5 Å². The number of amides is 1. The van der Waals surface area contributed by atoms with E-state index in [1.807, 2.05) is 12.1 Å². The summed E-state index contributed by atoms with van der Waals surface area (Å²) in [6.07, 6.45) is 5.42. The third-order valence-electron chi connectivity index (χ3n) is 5.80. The van der Waals surface area contributed by atoms with Crippen LogP contribution in [-0.4, -0.2) is 55.9 Å². The van der Waals surface area contributed by atoms with Crippen molar-refractivity contribution in [2.45, 2.75) is 70.5 Å². The van der Waals surface area contributed by atoms with Crippen molar-refractivity contribution in [1.82, 2.24) is 30.4 Å². The van der Waals surface area contributed by atoms with E-state index in [-0.39, 0.29) is 28.9 Å². The largest absolute Gasteiger partial charge is 0.354 e. The van der Waals surface area contributed by atoms with Crippen LogP contribution in [0.4, 0.5) is 5.82 Å². The Morgan fingerprint density at radius 1 is 1.21 bits per heavy atom. The average molecular weight is 386 g/mol. The van der Waals surface area contributed by atoms with E-state index in [4.69, 9.17) is 0 Å². The summed E-state index contributed by atoms with van der Waals surface area (Å²) in [6.45, 7) is 10.5. The molecule has 2 aliphatic rings. The summed E-state index contributed by atoms with van der Waals surface area (Å²) in [5.74, 6) is 1.04. The van der Waals surface area contributed by atoms with Gasteiger partial charge in [-0.05, 0) is 65.5 Å². The van der Waals surface area contributed by atoms with Crippen LogP contribution in [0, 0.1) is 5.92 Å². The summed E-state index contributed by atoms with van der Waals surface area (Å²) < 4.78 is 1.68. The van der Waals surface area contributed by atoms with Crippen LogP contribution in [-0.2, 0) is 4.79 Å². The fraction of sp³-hybridized carbons (Fsp3) is 0.700. The molecular weight excluding hydrogens is 354 g/mol. The lowest BCUT2D eigenvalue weighted by atomic mass is 9.79. The molecule has 2 aromatic heterocycles. The van der Waals surface area contributed by atoms with Gasteiger partial charge in [-0.3, -0.25) is 4.79 Å². The highest BCUT2D eigenvalue weighted by atomic mass is 16.2. The third kappa shape index (κ3) is 4.11. The van der Waals surface area contributed by atoms with Gasteiger partial charge in [-0.1, -0.05) is 0 Å². The summed E-state index contributed by atoms with van der Waals surface area (Å²) >= 11 is 0. The Morgan fingerprint density at radius 3 is 2.71 bits per heavy atom. The van der Waals surface area contributed by atoms with Gasteiger partial charge in [0.05, 0.1) is 5.92 Å². The van der Waals surface area contributed by atoms with Gasteiger partial charge in [-0.25, -0.2) is 0 Å². The summed E-state index contributed by atoms with van der Waals surface area (Å²) in [6, 6.07) is 4.08. The van der Waals surface area contributed by atoms with Crippen LogP contribution in [0.3, 0.4) is 0 Å². The predicted octanol–water partition coefficient (Wildman–Crippen LogP) is 1.77. The average Bonchev–Trinajstić information content (AvgIpc) is 3.06. The van der Waals surface area contributed by atoms with Gasteiger partial charge in [0.2, 0.25) is 5.91 Å². The number of nitrogens with zero attached hydrogens (tertiary/aromatic N) is 5. The standard InChI is InChI=1S/C20H31N7O/c1-19(2)10-15(11-20(3,4)25-19)22-18(28)14-6-5-9-26(12-14)17-8-7-16-23-21-13-27(16)24-17/h7-8,13-15,25H,5-6,9-12H2,1-4H3,(H,22,28)/t14-/m1/s1. The molecule has 8 nitrogen and oxygen atoms in total. The van der Waals surface area contributed by atoms with E-state index >= 15 is 0 Å². The molecule has 152 valence electrons. The fourth-order valence-electron chi connectivity index (χ4n) is 5.03. The molecule has 0 bridgehead atoms. The van der Waals surface area contributed by atoms with Crippen LogP contribution in [0.2, 0.25) is 0 Å². The number of carbonyl (C=O) groups is 1. The number of hydrogen-bond donors (Lipinski definition) is 2.